The Bertz CT molecular complexity index is 1270. The van der Waals surface area contributed by atoms with Crippen LogP contribution in [0.5, 0.6) is 0 Å². The van der Waals surface area contributed by atoms with Crippen molar-refractivity contribution in [2.24, 2.45) is 0 Å². The van der Waals surface area contributed by atoms with Crippen LogP contribution in [0.1, 0.15) is 22.4 Å². The van der Waals surface area contributed by atoms with Gasteiger partial charge in [0.2, 0.25) is 0 Å². The number of carbonyl (C=O) groups is 1. The smallest absolute Gasteiger partial charge is 0.254 e. The fourth-order valence-corrected chi connectivity index (χ4v) is 4.57. The summed E-state index contributed by atoms with van der Waals surface area (Å²) < 4.78 is 2.02. The zero-order valence-corrected chi connectivity index (χ0v) is 17.6. The maximum absolute atomic E-state index is 14.3. The van der Waals surface area contributed by atoms with E-state index in [9.17, 15) is 4.79 Å². The largest absolute Gasteiger partial charge is 0.330 e. The first-order chi connectivity index (χ1) is 15.7. The number of benzene rings is 3. The summed E-state index contributed by atoms with van der Waals surface area (Å²) in [6.45, 7) is 8.34. The summed E-state index contributed by atoms with van der Waals surface area (Å²) in [5.41, 5.74) is 3.59. The second-order valence-corrected chi connectivity index (χ2v) is 8.08. The summed E-state index contributed by atoms with van der Waals surface area (Å²) in [6.07, 6.45) is 4.11. The summed E-state index contributed by atoms with van der Waals surface area (Å²) in [5.74, 6) is 0.0336. The molecule has 0 radical (unpaired) electrons. The molecule has 156 valence electrons. The number of amides is 1. The highest BCUT2D eigenvalue weighted by Crippen LogP contribution is 2.39. The van der Waals surface area contributed by atoms with Crippen molar-refractivity contribution in [3.63, 3.8) is 0 Å². The van der Waals surface area contributed by atoms with Crippen LogP contribution in [-0.4, -0.2) is 20.4 Å². The molecule has 1 aliphatic rings. The Kier molecular flexibility index (Phi) is 5.04. The van der Waals surface area contributed by atoms with Crippen LogP contribution in [0, 0.1) is 6.57 Å². The van der Waals surface area contributed by atoms with Gasteiger partial charge in [-0.05, 0) is 16.7 Å². The molecule has 3 aromatic carbocycles. The highest BCUT2D eigenvalue weighted by molar-refractivity contribution is 5.90. The third kappa shape index (κ3) is 3.36. The zero-order chi connectivity index (χ0) is 22.0. The Morgan fingerprint density at radius 2 is 1.56 bits per heavy atom. The Labute approximate surface area is 187 Å². The number of imidazole rings is 1. The van der Waals surface area contributed by atoms with Crippen LogP contribution in [0.25, 0.3) is 4.85 Å². The molecule has 0 bridgehead atoms. The van der Waals surface area contributed by atoms with Gasteiger partial charge in [-0.1, -0.05) is 84.9 Å². The van der Waals surface area contributed by atoms with E-state index >= 15 is 0 Å². The van der Waals surface area contributed by atoms with Gasteiger partial charge in [-0.3, -0.25) is 4.79 Å². The van der Waals surface area contributed by atoms with E-state index in [2.05, 4.69) is 22.0 Å². The van der Waals surface area contributed by atoms with Crippen molar-refractivity contribution < 1.29 is 4.79 Å². The topological polar surface area (TPSA) is 42.5 Å². The number of carbonyl (C=O) groups excluding carboxylic acids is 1. The van der Waals surface area contributed by atoms with Crippen molar-refractivity contribution in [3.8, 4) is 0 Å². The number of hydrogen-bond acceptors (Lipinski definition) is 2. The first-order valence-corrected chi connectivity index (χ1v) is 10.6. The zero-order valence-electron chi connectivity index (χ0n) is 17.6. The van der Waals surface area contributed by atoms with Crippen LogP contribution in [-0.2, 0) is 29.8 Å². The Hall–Kier alpha value is -4.17. The Balaban J connectivity index is 1.67. The van der Waals surface area contributed by atoms with Gasteiger partial charge in [-0.2, -0.15) is 0 Å². The van der Waals surface area contributed by atoms with E-state index in [4.69, 9.17) is 6.57 Å². The lowest BCUT2D eigenvalue weighted by atomic mass is 9.80. The summed E-state index contributed by atoms with van der Waals surface area (Å²) in [5, 5.41) is 0. The number of fused-ring (bicyclic) bond motifs is 1. The van der Waals surface area contributed by atoms with Crippen LogP contribution in [0.15, 0.2) is 97.5 Å². The average Bonchev–Trinajstić information content (AvgIpc) is 3.32. The Morgan fingerprint density at radius 3 is 2.22 bits per heavy atom. The summed E-state index contributed by atoms with van der Waals surface area (Å²) in [4.78, 5) is 24.1. The Morgan fingerprint density at radius 1 is 0.906 bits per heavy atom. The summed E-state index contributed by atoms with van der Waals surface area (Å²) >= 11 is 0. The predicted octanol–water partition coefficient (Wildman–Crippen LogP) is 4.96. The second kappa shape index (κ2) is 8.16. The van der Waals surface area contributed by atoms with Crippen LogP contribution in [0.4, 0.5) is 5.69 Å². The highest BCUT2D eigenvalue weighted by atomic mass is 16.2. The lowest BCUT2D eigenvalue weighted by molar-refractivity contribution is -0.142. The van der Waals surface area contributed by atoms with Gasteiger partial charge in [0.25, 0.3) is 5.91 Å². The van der Waals surface area contributed by atoms with Gasteiger partial charge in [0.15, 0.2) is 11.2 Å². The quantitative estimate of drug-likeness (QED) is 0.430. The van der Waals surface area contributed by atoms with Crippen LogP contribution >= 0.6 is 0 Å². The maximum atomic E-state index is 14.3. The maximum Gasteiger partial charge on any atom is 0.254 e. The second-order valence-electron chi connectivity index (χ2n) is 8.08. The van der Waals surface area contributed by atoms with E-state index in [1.165, 1.54) is 0 Å². The molecular formula is C27H22N4O. The lowest BCUT2D eigenvalue weighted by Gasteiger charge is -2.44. The van der Waals surface area contributed by atoms with Crippen LogP contribution in [0.3, 0.4) is 0 Å². The fraction of sp³-hybridized carbons (Fsp3) is 0.148. The standard InChI is InChI=1S/C27H22N4O/c1-28-24-14-12-23(13-15-24)27(16-21-8-4-2-5-9-21)26(32)30(18-22-10-6-3-7-11-22)19-25-17-29-20-31(25)27/h2-15,17,20H,16,18-19H2. The monoisotopic (exact) mass is 418 g/mol. The van der Waals surface area contributed by atoms with Gasteiger partial charge in [-0.15, -0.1) is 0 Å². The van der Waals surface area contributed by atoms with E-state index in [0.29, 0.717) is 25.2 Å². The van der Waals surface area contributed by atoms with Crippen molar-refractivity contribution in [1.82, 2.24) is 14.5 Å². The first-order valence-electron chi connectivity index (χ1n) is 10.6. The average molecular weight is 419 g/mol. The SMILES string of the molecule is [C-]#[N+]c1ccc(C2(Cc3ccccc3)C(=O)N(Cc3ccccc3)Cc3cncn32)cc1. The van der Waals surface area contributed by atoms with Crippen molar-refractivity contribution in [2.75, 3.05) is 0 Å². The van der Waals surface area contributed by atoms with Gasteiger partial charge in [0.1, 0.15) is 0 Å². The lowest BCUT2D eigenvalue weighted by Crippen LogP contribution is -2.56. The van der Waals surface area contributed by atoms with Crippen molar-refractivity contribution in [1.29, 1.82) is 0 Å². The van der Waals surface area contributed by atoms with Gasteiger partial charge >= 0.3 is 0 Å². The number of hydrogen-bond donors (Lipinski definition) is 0. The third-order valence-electron chi connectivity index (χ3n) is 6.11. The van der Waals surface area contributed by atoms with Gasteiger partial charge in [0.05, 0.1) is 25.1 Å². The van der Waals surface area contributed by atoms with Crippen molar-refractivity contribution >= 4 is 11.6 Å². The van der Waals surface area contributed by atoms with E-state index in [-0.39, 0.29) is 5.91 Å². The van der Waals surface area contributed by atoms with Gasteiger partial charge < -0.3 is 9.47 Å². The molecule has 0 N–H and O–H groups in total. The van der Waals surface area contributed by atoms with E-state index in [1.807, 2.05) is 76.3 Å². The molecule has 5 heteroatoms. The summed E-state index contributed by atoms with van der Waals surface area (Å²) in [6, 6.07) is 27.5. The minimum Gasteiger partial charge on any atom is -0.330 e. The fourth-order valence-electron chi connectivity index (χ4n) is 4.57. The minimum atomic E-state index is -0.971. The normalized spacial score (nSPS) is 17.6. The molecule has 1 aromatic heterocycles. The van der Waals surface area contributed by atoms with Crippen molar-refractivity contribution in [3.05, 3.63) is 131 Å². The molecule has 0 saturated carbocycles. The molecule has 4 aromatic rings. The molecule has 1 unspecified atom stereocenters. The minimum absolute atomic E-state index is 0.0336. The number of nitrogens with zero attached hydrogens (tertiary/aromatic N) is 4. The van der Waals surface area contributed by atoms with E-state index in [1.54, 1.807) is 18.5 Å². The number of rotatable bonds is 5. The molecule has 1 atom stereocenters. The van der Waals surface area contributed by atoms with Crippen LogP contribution < -0.4 is 0 Å². The highest BCUT2D eigenvalue weighted by Gasteiger charge is 2.48. The molecule has 0 saturated heterocycles. The number of aromatic nitrogens is 2. The third-order valence-corrected chi connectivity index (χ3v) is 6.11. The molecule has 5 nitrogen and oxygen atoms in total. The predicted molar refractivity (Wildman–Crippen MR) is 123 cm³/mol. The van der Waals surface area contributed by atoms with Gasteiger partial charge in [0, 0.05) is 19.2 Å². The molecular weight excluding hydrogens is 396 g/mol. The van der Waals surface area contributed by atoms with Gasteiger partial charge in [-0.25, -0.2) is 9.83 Å². The van der Waals surface area contributed by atoms with E-state index < -0.39 is 5.54 Å². The molecule has 0 fully saturated rings. The van der Waals surface area contributed by atoms with Crippen molar-refractivity contribution in [2.45, 2.75) is 25.0 Å². The molecule has 0 aliphatic carbocycles. The molecule has 32 heavy (non-hydrogen) atoms. The molecule has 2 heterocycles. The molecule has 1 aliphatic heterocycles. The van der Waals surface area contributed by atoms with Crippen LogP contribution in [0.2, 0.25) is 0 Å². The molecule has 5 rings (SSSR count). The summed E-state index contributed by atoms with van der Waals surface area (Å²) in [7, 11) is 0. The molecule has 1 amide bonds. The first kappa shape index (κ1) is 19.8. The molecule has 0 spiro atoms. The van der Waals surface area contributed by atoms with E-state index in [0.717, 1.165) is 22.4 Å².